The van der Waals surface area contributed by atoms with Crippen LogP contribution in [0, 0.1) is 0 Å². The molecule has 0 saturated carbocycles. The molecule has 0 saturated heterocycles. The zero-order chi connectivity index (χ0) is 7.56. The second-order valence-corrected chi connectivity index (χ2v) is 8.81. The van der Waals surface area contributed by atoms with Gasteiger partial charge in [0.15, 0.2) is 0 Å². The molecule has 1 N–H and O–H groups in total. The van der Waals surface area contributed by atoms with Gasteiger partial charge in [-0.05, 0) is 0 Å². The average Bonchev–Trinajstić information content (AvgIpc) is 2.34. The minimum atomic E-state index is -0.731. The van der Waals surface area contributed by atoms with Gasteiger partial charge >= 0.3 is 74.9 Å². The van der Waals surface area contributed by atoms with Gasteiger partial charge in [-0.25, -0.2) is 0 Å². The van der Waals surface area contributed by atoms with Crippen molar-refractivity contribution in [3.05, 3.63) is 9.38 Å². The topological polar surface area (TPSA) is 37.3 Å². The van der Waals surface area contributed by atoms with Crippen LogP contribution in [0.15, 0.2) is 7.58 Å². The summed E-state index contributed by atoms with van der Waals surface area (Å²) in [4.78, 5) is 12.3. The molecule has 62 valence electrons. The van der Waals surface area contributed by atoms with E-state index in [-0.39, 0.29) is 38.5 Å². The Morgan fingerprint density at radius 1 is 1.82 bits per heavy atom. The van der Waals surface area contributed by atoms with Crippen molar-refractivity contribution in [2.24, 2.45) is 0 Å². The van der Waals surface area contributed by atoms with E-state index in [9.17, 15) is 4.79 Å². The Balaban J connectivity index is 0.000001000. The maximum atomic E-state index is 10.4. The Labute approximate surface area is 97.9 Å². The minimum absolute atomic E-state index is 0. The van der Waals surface area contributed by atoms with Crippen LogP contribution in [0.1, 0.15) is 9.23 Å². The van der Waals surface area contributed by atoms with E-state index in [1.54, 1.807) is 11.8 Å². The third-order valence-electron chi connectivity index (χ3n) is 0.833. The number of carboxylic acid groups (broad SMARTS) is 1. The van der Waals surface area contributed by atoms with E-state index in [2.05, 4.69) is 0 Å². The molecule has 1 aromatic heterocycles. The molecule has 1 aromatic rings. The van der Waals surface area contributed by atoms with Crippen LogP contribution in [0.25, 0.3) is 0 Å². The molecular weight excluding hydrogens is 409 g/mol. The first-order valence-corrected chi connectivity index (χ1v) is 7.21. The van der Waals surface area contributed by atoms with Crippen molar-refractivity contribution in [1.82, 2.24) is 0 Å². The molecule has 0 aliphatic rings. The Hall–Kier alpha value is 1.20. The molecule has 0 radical (unpaired) electrons. The smallest absolute Gasteiger partial charge is 1.00 e. The summed E-state index contributed by atoms with van der Waals surface area (Å²) < 4.78 is 2.01. The van der Waals surface area contributed by atoms with E-state index < -0.39 is 5.97 Å². The van der Waals surface area contributed by atoms with E-state index in [1.807, 2.05) is 11.2 Å². The molecule has 0 spiro atoms. The number of hydrogen-bond donors (Lipinski definition) is 1. The molecule has 11 heavy (non-hydrogen) atoms. The van der Waals surface area contributed by atoms with Crippen LogP contribution < -0.4 is 24.0 Å². The fraction of sp³-hybridized carbons (Fsp3) is 0.200. The minimum Gasteiger partial charge on any atom is -1.00 e. The van der Waals surface area contributed by atoms with Gasteiger partial charge in [-0.2, -0.15) is 0 Å². The Morgan fingerprint density at radius 2 is 2.45 bits per heavy atom. The van der Waals surface area contributed by atoms with E-state index >= 15 is 0 Å². The molecule has 0 aromatic carbocycles. The second-order valence-electron chi connectivity index (χ2n) is 1.46. The van der Waals surface area contributed by atoms with Crippen molar-refractivity contribution >= 4 is 46.7 Å². The molecule has 0 unspecified atom stereocenters. The van der Waals surface area contributed by atoms with E-state index in [1.165, 1.54) is 2.64 Å². The number of carbonyl (C=O) groups is 1. The third-order valence-corrected chi connectivity index (χ3v) is 9.48. The van der Waals surface area contributed by atoms with Gasteiger partial charge in [0.1, 0.15) is 0 Å². The van der Waals surface area contributed by atoms with Crippen LogP contribution in [0.2, 0.25) is 0 Å². The molecule has 0 atom stereocenters. The van der Waals surface area contributed by atoms with E-state index in [0.717, 1.165) is 0 Å². The molecule has 0 aliphatic heterocycles. The number of halogens is 1. The second kappa shape index (κ2) is 5.78. The quantitative estimate of drug-likeness (QED) is 0.331. The predicted octanol–water partition coefficient (Wildman–Crippen LogP) is -2.49. The Morgan fingerprint density at radius 3 is 2.73 bits per heavy atom. The monoisotopic (exact) mass is 416 g/mol. The normalized spacial score (nSPS) is 8.82. The van der Waals surface area contributed by atoms with Gasteiger partial charge in [0.05, 0.1) is 0 Å². The fourth-order valence-corrected chi connectivity index (χ4v) is 6.93. The van der Waals surface area contributed by atoms with Gasteiger partial charge in [-0.15, -0.1) is 0 Å². The van der Waals surface area contributed by atoms with E-state index in [4.69, 9.17) is 5.11 Å². The first-order chi connectivity index (χ1) is 4.74. The summed E-state index contributed by atoms with van der Waals surface area (Å²) in [6.45, 7) is 0. The summed E-state index contributed by atoms with van der Waals surface area (Å²) in [7, 11) is 0. The third kappa shape index (κ3) is 3.61. The fourth-order valence-electron chi connectivity index (χ4n) is 0.423. The van der Waals surface area contributed by atoms with Crippen LogP contribution >= 0.6 is 11.8 Å². The van der Waals surface area contributed by atoms with Crippen LogP contribution in [0.4, 0.5) is 0 Å². The Bertz CT molecular complexity index is 250. The van der Waals surface area contributed by atoms with Crippen LogP contribution in [-0.2, 0) is 0 Å². The maximum Gasteiger partial charge on any atom is -1.00 e. The van der Waals surface area contributed by atoms with Crippen molar-refractivity contribution in [1.29, 1.82) is 0 Å². The van der Waals surface area contributed by atoms with E-state index in [0.29, 0.717) is 18.9 Å². The van der Waals surface area contributed by atoms with Gasteiger partial charge in [0.2, 0.25) is 0 Å². The first kappa shape index (κ1) is 12.2. The zero-order valence-corrected chi connectivity index (χ0v) is 11.9. The molecule has 2 nitrogen and oxygen atoms in total. The predicted molar refractivity (Wildman–Crippen MR) is 43.5 cm³/mol. The van der Waals surface area contributed by atoms with Gasteiger partial charge < -0.3 is 24.0 Å². The molecule has 1 heterocycles. The standard InChI is InChI=1S/C5H4O2SSe2.HI/c1-8-5-9-2-3(10-5)4(6)7;/h2H,1H3;1H. The summed E-state index contributed by atoms with van der Waals surface area (Å²) in [6, 6.07) is 0. The summed E-state index contributed by atoms with van der Waals surface area (Å²) in [5, 5.41) is 8.56. The number of hydrogen-bond acceptors (Lipinski definition) is 2. The van der Waals surface area contributed by atoms with Gasteiger partial charge in [-0.1, -0.05) is 0 Å². The van der Waals surface area contributed by atoms with Crippen LogP contribution in [0.3, 0.4) is 0 Å². The van der Waals surface area contributed by atoms with Gasteiger partial charge in [-0.3, -0.25) is 0 Å². The number of thioether (sulfide) groups is 1. The molecule has 0 amide bonds. The van der Waals surface area contributed by atoms with Crippen molar-refractivity contribution in [2.45, 2.75) is 2.64 Å². The van der Waals surface area contributed by atoms with Gasteiger partial charge in [0, 0.05) is 0 Å². The maximum absolute atomic E-state index is 10.4. The van der Waals surface area contributed by atoms with Gasteiger partial charge in [0.25, 0.3) is 0 Å². The number of rotatable bonds is 2. The largest absolute Gasteiger partial charge is 1.00 e. The SMILES string of the molecule is CSc1[se]c(C(=O)O)c[se+]1.[I-]. The summed E-state index contributed by atoms with van der Waals surface area (Å²) >= 11 is 2.21. The van der Waals surface area contributed by atoms with Crippen molar-refractivity contribution < 1.29 is 33.9 Å². The van der Waals surface area contributed by atoms with Crippen molar-refractivity contribution in [3.8, 4) is 0 Å². The first-order valence-electron chi connectivity index (χ1n) is 2.43. The number of carboxylic acids is 1. The van der Waals surface area contributed by atoms with Crippen molar-refractivity contribution in [3.63, 3.8) is 0 Å². The van der Waals surface area contributed by atoms with Crippen LogP contribution in [0.5, 0.6) is 0 Å². The molecule has 6 heteroatoms. The van der Waals surface area contributed by atoms with Crippen LogP contribution in [-0.4, -0.2) is 46.3 Å². The average molecular weight is 414 g/mol. The summed E-state index contributed by atoms with van der Waals surface area (Å²) in [5.74, 6) is -0.731. The number of aromatic carboxylic acids is 1. The Kier molecular flexibility index (Phi) is 6.41. The summed E-state index contributed by atoms with van der Waals surface area (Å²) in [6.07, 6.45) is 2.01. The molecule has 0 fully saturated rings. The zero-order valence-electron chi connectivity index (χ0n) is 5.54. The molecule has 0 aliphatic carbocycles. The van der Waals surface area contributed by atoms with Crippen molar-refractivity contribution in [2.75, 3.05) is 6.26 Å². The molecular formula is C5H5IO2SSe2. The summed E-state index contributed by atoms with van der Waals surface area (Å²) in [5.41, 5.74) is 0. The molecule has 0 bridgehead atoms. The molecule has 1 rings (SSSR count).